The molecule has 1 N–H and O–H groups in total. The Kier molecular flexibility index (Phi) is 1.59. The first-order valence-corrected chi connectivity index (χ1v) is 4.13. The molecule has 0 fully saturated rings. The number of nitrogens with zero attached hydrogens (tertiary/aromatic N) is 2. The minimum absolute atomic E-state index is 0.433. The Morgan fingerprint density at radius 2 is 2.42 bits per heavy atom. The molecule has 0 aliphatic heterocycles. The van der Waals surface area contributed by atoms with Gasteiger partial charge in [-0.15, -0.1) is 0 Å². The van der Waals surface area contributed by atoms with E-state index in [9.17, 15) is 0 Å². The van der Waals surface area contributed by atoms with Crippen LogP contribution in [0.5, 0.6) is 0 Å². The number of rotatable bonds is 0. The van der Waals surface area contributed by atoms with E-state index in [-0.39, 0.29) is 0 Å². The first kappa shape index (κ1) is 7.32. The van der Waals surface area contributed by atoms with Crippen molar-refractivity contribution in [3.05, 3.63) is 28.6 Å². The molecule has 12 heavy (non-hydrogen) atoms. The van der Waals surface area contributed by atoms with Gasteiger partial charge < -0.3 is 4.98 Å². The number of aromatic nitrogens is 2. The third kappa shape index (κ3) is 0.990. The van der Waals surface area contributed by atoms with E-state index in [0.29, 0.717) is 5.69 Å². The maximum atomic E-state index is 8.59. The Labute approximate surface area is 77.2 Å². The van der Waals surface area contributed by atoms with Gasteiger partial charge in [-0.3, -0.25) is 0 Å². The van der Waals surface area contributed by atoms with Crippen LogP contribution < -0.4 is 0 Å². The SMILES string of the molecule is N#Cc1cc2c(Br)c[nH]c2cn1. The van der Waals surface area contributed by atoms with Gasteiger partial charge in [0.2, 0.25) is 0 Å². The van der Waals surface area contributed by atoms with E-state index in [4.69, 9.17) is 5.26 Å². The lowest BCUT2D eigenvalue weighted by Crippen LogP contribution is -1.80. The first-order valence-electron chi connectivity index (χ1n) is 3.34. The fraction of sp³-hybridized carbons (Fsp3) is 0. The number of aromatic amines is 1. The smallest absolute Gasteiger partial charge is 0.141 e. The molecule has 58 valence electrons. The summed E-state index contributed by atoms with van der Waals surface area (Å²) in [5, 5.41) is 9.57. The van der Waals surface area contributed by atoms with Crippen molar-refractivity contribution in [2.45, 2.75) is 0 Å². The predicted octanol–water partition coefficient (Wildman–Crippen LogP) is 2.20. The maximum Gasteiger partial charge on any atom is 0.141 e. The third-order valence-electron chi connectivity index (χ3n) is 1.63. The standard InChI is InChI=1S/C8H4BrN3/c9-7-3-12-8-4-11-5(2-10)1-6(7)8/h1,3-4,12H. The van der Waals surface area contributed by atoms with E-state index < -0.39 is 0 Å². The van der Waals surface area contributed by atoms with Gasteiger partial charge in [0, 0.05) is 16.1 Å². The molecule has 0 aliphatic rings. The topological polar surface area (TPSA) is 52.5 Å². The number of halogens is 1. The lowest BCUT2D eigenvalue weighted by Gasteiger charge is -1.89. The van der Waals surface area contributed by atoms with Gasteiger partial charge in [-0.25, -0.2) is 4.98 Å². The van der Waals surface area contributed by atoms with E-state index in [1.165, 1.54) is 0 Å². The molecule has 0 bridgehead atoms. The summed E-state index contributed by atoms with van der Waals surface area (Å²) in [4.78, 5) is 6.95. The molecular weight excluding hydrogens is 218 g/mol. The van der Waals surface area contributed by atoms with Crippen molar-refractivity contribution in [1.82, 2.24) is 9.97 Å². The van der Waals surface area contributed by atoms with Gasteiger partial charge in [0.15, 0.2) is 0 Å². The summed E-state index contributed by atoms with van der Waals surface area (Å²) in [6.07, 6.45) is 3.48. The Morgan fingerprint density at radius 3 is 3.17 bits per heavy atom. The average molecular weight is 222 g/mol. The van der Waals surface area contributed by atoms with Crippen molar-refractivity contribution in [1.29, 1.82) is 5.26 Å². The van der Waals surface area contributed by atoms with Crippen molar-refractivity contribution < 1.29 is 0 Å². The number of nitrogens with one attached hydrogen (secondary N) is 1. The minimum atomic E-state index is 0.433. The zero-order valence-corrected chi connectivity index (χ0v) is 7.59. The summed E-state index contributed by atoms with van der Waals surface area (Å²) in [5.41, 5.74) is 1.36. The van der Waals surface area contributed by atoms with E-state index in [2.05, 4.69) is 25.9 Å². The number of fused-ring (bicyclic) bond motifs is 1. The fourth-order valence-corrected chi connectivity index (χ4v) is 1.49. The molecule has 0 aliphatic carbocycles. The van der Waals surface area contributed by atoms with Crippen LogP contribution in [0.25, 0.3) is 10.9 Å². The monoisotopic (exact) mass is 221 g/mol. The van der Waals surface area contributed by atoms with Crippen molar-refractivity contribution in [2.24, 2.45) is 0 Å². The zero-order chi connectivity index (χ0) is 8.55. The number of H-pyrrole nitrogens is 1. The lowest BCUT2D eigenvalue weighted by atomic mass is 10.3. The summed E-state index contributed by atoms with van der Waals surface area (Å²) in [6, 6.07) is 3.74. The van der Waals surface area contributed by atoms with Gasteiger partial charge in [0.05, 0.1) is 11.7 Å². The molecule has 0 unspecified atom stereocenters. The van der Waals surface area contributed by atoms with Crippen LogP contribution in [0.2, 0.25) is 0 Å². The second kappa shape index (κ2) is 2.61. The molecule has 0 atom stereocenters. The highest BCUT2D eigenvalue weighted by Crippen LogP contribution is 2.22. The molecule has 2 aromatic heterocycles. The van der Waals surface area contributed by atoms with Crippen LogP contribution in [-0.4, -0.2) is 9.97 Å². The Balaban J connectivity index is 2.82. The van der Waals surface area contributed by atoms with Gasteiger partial charge in [-0.2, -0.15) is 5.26 Å². The van der Waals surface area contributed by atoms with Crippen LogP contribution in [-0.2, 0) is 0 Å². The van der Waals surface area contributed by atoms with Crippen molar-refractivity contribution in [3.63, 3.8) is 0 Å². The predicted molar refractivity (Wildman–Crippen MR) is 48.5 cm³/mol. The Bertz CT molecular complexity index is 467. The Hall–Kier alpha value is -1.34. The summed E-state index contributed by atoms with van der Waals surface area (Å²) >= 11 is 3.36. The second-order valence-corrected chi connectivity index (χ2v) is 3.22. The minimum Gasteiger partial charge on any atom is -0.359 e. The molecule has 0 saturated carbocycles. The molecule has 2 heterocycles. The van der Waals surface area contributed by atoms with Gasteiger partial charge >= 0.3 is 0 Å². The van der Waals surface area contributed by atoms with Gasteiger partial charge in [0.25, 0.3) is 0 Å². The highest BCUT2D eigenvalue weighted by atomic mass is 79.9. The first-order chi connectivity index (χ1) is 5.81. The summed E-state index contributed by atoms with van der Waals surface area (Å²) in [6.45, 7) is 0. The van der Waals surface area contributed by atoms with Crippen LogP contribution in [0.4, 0.5) is 0 Å². The van der Waals surface area contributed by atoms with E-state index in [1.54, 1.807) is 12.3 Å². The number of hydrogen-bond donors (Lipinski definition) is 1. The molecule has 3 nitrogen and oxygen atoms in total. The molecule has 0 radical (unpaired) electrons. The van der Waals surface area contributed by atoms with Crippen LogP contribution >= 0.6 is 15.9 Å². The van der Waals surface area contributed by atoms with Gasteiger partial charge in [0.1, 0.15) is 11.8 Å². The van der Waals surface area contributed by atoms with E-state index in [0.717, 1.165) is 15.4 Å². The van der Waals surface area contributed by atoms with E-state index in [1.807, 2.05) is 12.3 Å². The van der Waals surface area contributed by atoms with E-state index >= 15 is 0 Å². The third-order valence-corrected chi connectivity index (χ3v) is 2.29. The van der Waals surface area contributed by atoms with Gasteiger partial charge in [-0.05, 0) is 22.0 Å². The highest BCUT2D eigenvalue weighted by Gasteiger charge is 2.01. The molecule has 0 aromatic carbocycles. The van der Waals surface area contributed by atoms with Crippen LogP contribution in [0, 0.1) is 11.3 Å². The Morgan fingerprint density at radius 1 is 1.58 bits per heavy atom. The molecule has 0 spiro atoms. The fourth-order valence-electron chi connectivity index (χ4n) is 1.05. The molecule has 2 rings (SSSR count). The quantitative estimate of drug-likeness (QED) is 0.742. The summed E-state index contributed by atoms with van der Waals surface area (Å²) in [5.74, 6) is 0. The molecule has 0 saturated heterocycles. The molecule has 0 amide bonds. The zero-order valence-electron chi connectivity index (χ0n) is 6.00. The second-order valence-electron chi connectivity index (χ2n) is 2.36. The number of hydrogen-bond acceptors (Lipinski definition) is 2. The van der Waals surface area contributed by atoms with Crippen molar-refractivity contribution in [3.8, 4) is 6.07 Å². The molecular formula is C8H4BrN3. The molecule has 2 aromatic rings. The van der Waals surface area contributed by atoms with Crippen LogP contribution in [0.1, 0.15) is 5.69 Å². The number of pyridine rings is 1. The summed E-state index contributed by atoms with van der Waals surface area (Å²) in [7, 11) is 0. The van der Waals surface area contributed by atoms with Crippen molar-refractivity contribution >= 4 is 26.8 Å². The van der Waals surface area contributed by atoms with Crippen LogP contribution in [0.15, 0.2) is 22.9 Å². The number of nitriles is 1. The lowest BCUT2D eigenvalue weighted by molar-refractivity contribution is 1.28. The van der Waals surface area contributed by atoms with Crippen LogP contribution in [0.3, 0.4) is 0 Å². The normalized spacial score (nSPS) is 10.0. The van der Waals surface area contributed by atoms with Crippen molar-refractivity contribution in [2.75, 3.05) is 0 Å². The highest BCUT2D eigenvalue weighted by molar-refractivity contribution is 9.10. The average Bonchev–Trinajstić information content (AvgIpc) is 2.47. The maximum absolute atomic E-state index is 8.59. The largest absolute Gasteiger partial charge is 0.359 e. The van der Waals surface area contributed by atoms with Gasteiger partial charge in [-0.1, -0.05) is 0 Å². The summed E-state index contributed by atoms with van der Waals surface area (Å²) < 4.78 is 0.955. The molecule has 4 heteroatoms.